The molecule has 6 amide bonds. The Labute approximate surface area is 167 Å². The molecule has 29 heavy (non-hydrogen) atoms. The summed E-state index contributed by atoms with van der Waals surface area (Å²) in [6, 6.07) is 17.2. The van der Waals surface area contributed by atoms with Crippen molar-refractivity contribution in [2.24, 2.45) is 0 Å². The van der Waals surface area contributed by atoms with E-state index >= 15 is 0 Å². The number of imide groups is 2. The van der Waals surface area contributed by atoms with Crippen LogP contribution in [-0.2, 0) is 21.5 Å². The molecule has 2 saturated heterocycles. The zero-order chi connectivity index (χ0) is 20.4. The Morgan fingerprint density at radius 2 is 1.59 bits per heavy atom. The summed E-state index contributed by atoms with van der Waals surface area (Å²) < 4.78 is 0. The van der Waals surface area contributed by atoms with Crippen LogP contribution in [0.4, 0.5) is 9.59 Å². The first kappa shape index (κ1) is 18.7. The van der Waals surface area contributed by atoms with Crippen LogP contribution in [0.25, 0.3) is 0 Å². The minimum absolute atomic E-state index is 0.217. The van der Waals surface area contributed by atoms with Crippen molar-refractivity contribution in [3.8, 4) is 0 Å². The maximum absolute atomic E-state index is 13.4. The van der Waals surface area contributed by atoms with Gasteiger partial charge in [0.05, 0.1) is 0 Å². The van der Waals surface area contributed by atoms with E-state index in [1.54, 1.807) is 24.3 Å². The van der Waals surface area contributed by atoms with Crippen molar-refractivity contribution in [1.29, 1.82) is 0 Å². The quantitative estimate of drug-likeness (QED) is 0.748. The molecule has 2 aliphatic heterocycles. The molecule has 4 rings (SSSR count). The van der Waals surface area contributed by atoms with Gasteiger partial charge < -0.3 is 10.6 Å². The third kappa shape index (κ3) is 3.33. The number of hydrogen-bond donors (Lipinski definition) is 2. The summed E-state index contributed by atoms with van der Waals surface area (Å²) in [6.45, 7) is 0.0866. The standard InChI is InChI=1S/C21H20N4O4/c26-17(24-12-11-22-19(24)28)14-25-18(27)21(23-20(25)29,16-9-5-2-6-10-16)13-15-7-3-1-4-8-15/h1-10H,11-14H2,(H,22,28)(H,23,29)/t21-/m1/s1. The molecule has 0 bridgehead atoms. The van der Waals surface area contributed by atoms with Gasteiger partial charge in [-0.15, -0.1) is 0 Å². The molecule has 2 aliphatic rings. The first-order valence-electron chi connectivity index (χ1n) is 9.33. The van der Waals surface area contributed by atoms with E-state index in [4.69, 9.17) is 0 Å². The lowest BCUT2D eigenvalue weighted by atomic mass is 9.83. The fourth-order valence-corrected chi connectivity index (χ4v) is 3.74. The Bertz CT molecular complexity index is 963. The van der Waals surface area contributed by atoms with Gasteiger partial charge >= 0.3 is 12.1 Å². The second-order valence-electron chi connectivity index (χ2n) is 7.03. The summed E-state index contributed by atoms with van der Waals surface area (Å²) in [5.74, 6) is -1.10. The lowest BCUT2D eigenvalue weighted by molar-refractivity contribution is -0.137. The van der Waals surface area contributed by atoms with E-state index < -0.39 is 36.0 Å². The highest BCUT2D eigenvalue weighted by molar-refractivity contribution is 6.10. The van der Waals surface area contributed by atoms with Crippen LogP contribution in [0.3, 0.4) is 0 Å². The van der Waals surface area contributed by atoms with E-state index in [9.17, 15) is 19.2 Å². The van der Waals surface area contributed by atoms with Crippen LogP contribution in [0, 0.1) is 0 Å². The highest BCUT2D eigenvalue weighted by atomic mass is 16.2. The van der Waals surface area contributed by atoms with Gasteiger partial charge in [0.2, 0.25) is 0 Å². The van der Waals surface area contributed by atoms with Crippen molar-refractivity contribution in [3.63, 3.8) is 0 Å². The molecule has 8 nitrogen and oxygen atoms in total. The minimum atomic E-state index is -1.31. The van der Waals surface area contributed by atoms with Crippen LogP contribution >= 0.6 is 0 Å². The second kappa shape index (κ2) is 7.38. The van der Waals surface area contributed by atoms with Crippen LogP contribution in [0.5, 0.6) is 0 Å². The van der Waals surface area contributed by atoms with E-state index in [1.807, 2.05) is 36.4 Å². The number of nitrogens with zero attached hydrogens (tertiary/aromatic N) is 2. The number of hydrogen-bond acceptors (Lipinski definition) is 4. The third-order valence-electron chi connectivity index (χ3n) is 5.21. The van der Waals surface area contributed by atoms with Gasteiger partial charge in [-0.05, 0) is 11.1 Å². The molecule has 2 aromatic rings. The summed E-state index contributed by atoms with van der Waals surface area (Å²) in [4.78, 5) is 52.3. The number of urea groups is 2. The smallest absolute Gasteiger partial charge is 0.325 e. The summed E-state index contributed by atoms with van der Waals surface area (Å²) in [6.07, 6.45) is 0.247. The van der Waals surface area contributed by atoms with Crippen LogP contribution in [0.15, 0.2) is 60.7 Å². The van der Waals surface area contributed by atoms with Gasteiger partial charge in [0.15, 0.2) is 5.54 Å². The molecular weight excluding hydrogens is 372 g/mol. The number of rotatable bonds is 5. The normalized spacial score (nSPS) is 21.3. The highest BCUT2D eigenvalue weighted by Gasteiger charge is 2.53. The maximum Gasteiger partial charge on any atom is 0.325 e. The number of benzene rings is 2. The van der Waals surface area contributed by atoms with Crippen LogP contribution in [0.1, 0.15) is 11.1 Å². The maximum atomic E-state index is 13.4. The van der Waals surface area contributed by atoms with Crippen molar-refractivity contribution < 1.29 is 19.2 Å². The molecule has 2 fully saturated rings. The van der Waals surface area contributed by atoms with E-state index in [0.717, 1.165) is 15.4 Å². The molecule has 148 valence electrons. The Morgan fingerprint density at radius 3 is 2.21 bits per heavy atom. The lowest BCUT2D eigenvalue weighted by Crippen LogP contribution is -2.47. The zero-order valence-corrected chi connectivity index (χ0v) is 15.6. The average molecular weight is 392 g/mol. The minimum Gasteiger partial charge on any atom is -0.336 e. The van der Waals surface area contributed by atoms with Gasteiger partial charge in [-0.3, -0.25) is 19.4 Å². The molecular formula is C21H20N4O4. The molecule has 8 heteroatoms. The number of carbonyl (C=O) groups is 4. The molecule has 2 N–H and O–H groups in total. The first-order valence-corrected chi connectivity index (χ1v) is 9.33. The van der Waals surface area contributed by atoms with E-state index in [0.29, 0.717) is 12.1 Å². The summed E-state index contributed by atoms with van der Waals surface area (Å²) in [7, 11) is 0. The molecule has 2 heterocycles. The number of carbonyl (C=O) groups excluding carboxylic acids is 4. The first-order chi connectivity index (χ1) is 14.0. The lowest BCUT2D eigenvalue weighted by Gasteiger charge is -2.27. The SMILES string of the molecule is O=C(CN1C(=O)N[C@](Cc2ccccc2)(c2ccccc2)C1=O)N1CCNC1=O. The molecule has 0 aliphatic carbocycles. The highest BCUT2D eigenvalue weighted by Crippen LogP contribution is 2.33. The van der Waals surface area contributed by atoms with Crippen LogP contribution in [0.2, 0.25) is 0 Å². The van der Waals surface area contributed by atoms with Crippen molar-refractivity contribution in [1.82, 2.24) is 20.4 Å². The second-order valence-corrected chi connectivity index (χ2v) is 7.03. The molecule has 0 radical (unpaired) electrons. The fourth-order valence-electron chi connectivity index (χ4n) is 3.74. The van der Waals surface area contributed by atoms with Gasteiger partial charge in [-0.25, -0.2) is 9.59 Å². The largest absolute Gasteiger partial charge is 0.336 e. The topological polar surface area (TPSA) is 98.8 Å². The van der Waals surface area contributed by atoms with Gasteiger partial charge in [0.1, 0.15) is 6.54 Å². The van der Waals surface area contributed by atoms with Gasteiger partial charge in [-0.1, -0.05) is 60.7 Å². The Hall–Kier alpha value is -3.68. The molecule has 1 atom stereocenters. The molecule has 0 saturated carbocycles. The summed E-state index contributed by atoms with van der Waals surface area (Å²) in [5.41, 5.74) is 0.195. The molecule has 2 aromatic carbocycles. The van der Waals surface area contributed by atoms with E-state index in [-0.39, 0.29) is 13.0 Å². The summed E-state index contributed by atoms with van der Waals surface area (Å²) in [5, 5.41) is 5.34. The number of nitrogens with one attached hydrogen (secondary N) is 2. The van der Waals surface area contributed by atoms with Gasteiger partial charge in [-0.2, -0.15) is 0 Å². The predicted octanol–water partition coefficient (Wildman–Crippen LogP) is 1.23. The Balaban J connectivity index is 1.65. The average Bonchev–Trinajstić information content (AvgIpc) is 3.26. The molecule has 0 spiro atoms. The predicted molar refractivity (Wildman–Crippen MR) is 104 cm³/mol. The van der Waals surface area contributed by atoms with Crippen molar-refractivity contribution in [3.05, 3.63) is 71.8 Å². The molecule has 0 unspecified atom stereocenters. The fraction of sp³-hybridized carbons (Fsp3) is 0.238. The summed E-state index contributed by atoms with van der Waals surface area (Å²) >= 11 is 0. The Morgan fingerprint density at radius 1 is 0.931 bits per heavy atom. The monoisotopic (exact) mass is 392 g/mol. The van der Waals surface area contributed by atoms with Crippen LogP contribution in [-0.4, -0.2) is 53.3 Å². The van der Waals surface area contributed by atoms with Gasteiger partial charge in [0.25, 0.3) is 11.8 Å². The van der Waals surface area contributed by atoms with E-state index in [2.05, 4.69) is 10.6 Å². The Kier molecular flexibility index (Phi) is 4.75. The van der Waals surface area contributed by atoms with E-state index in [1.165, 1.54) is 0 Å². The van der Waals surface area contributed by atoms with Crippen molar-refractivity contribution >= 4 is 23.9 Å². The third-order valence-corrected chi connectivity index (χ3v) is 5.21. The van der Waals surface area contributed by atoms with Crippen molar-refractivity contribution in [2.75, 3.05) is 19.6 Å². The number of amides is 6. The molecule has 0 aromatic heterocycles. The zero-order valence-electron chi connectivity index (χ0n) is 15.6. The van der Waals surface area contributed by atoms with Gasteiger partial charge in [0, 0.05) is 19.5 Å². The van der Waals surface area contributed by atoms with Crippen molar-refractivity contribution in [2.45, 2.75) is 12.0 Å². The van der Waals surface area contributed by atoms with Crippen LogP contribution < -0.4 is 10.6 Å².